The van der Waals surface area contributed by atoms with Gasteiger partial charge in [-0.3, -0.25) is 14.9 Å². The number of benzene rings is 1. The van der Waals surface area contributed by atoms with Crippen molar-refractivity contribution in [3.05, 3.63) is 33.9 Å². The molecule has 0 aliphatic carbocycles. The number of nitrogens with zero attached hydrogens (tertiary/aromatic N) is 2. The van der Waals surface area contributed by atoms with E-state index in [0.717, 1.165) is 17.2 Å². The standard InChI is InChI=1S/C12H16N2O3S/c1-9(15)11-8-10(18-7-6-13(2)3)4-5-12(11)14(16)17/h4-5,8H,6-7H2,1-3H3. The van der Waals surface area contributed by atoms with Gasteiger partial charge in [-0.25, -0.2) is 0 Å². The molecule has 0 radical (unpaired) electrons. The minimum Gasteiger partial charge on any atom is -0.309 e. The number of hydrogen-bond acceptors (Lipinski definition) is 5. The van der Waals surface area contributed by atoms with E-state index in [4.69, 9.17) is 0 Å². The average molecular weight is 268 g/mol. The van der Waals surface area contributed by atoms with Crippen LogP contribution in [-0.4, -0.2) is 42.0 Å². The summed E-state index contributed by atoms with van der Waals surface area (Å²) in [5.41, 5.74) is 0.0503. The van der Waals surface area contributed by atoms with Crippen LogP contribution in [0.5, 0.6) is 0 Å². The van der Waals surface area contributed by atoms with Crippen molar-refractivity contribution in [3.8, 4) is 0 Å². The molecular formula is C12H16N2O3S. The van der Waals surface area contributed by atoms with E-state index in [1.165, 1.54) is 13.0 Å². The van der Waals surface area contributed by atoms with Crippen molar-refractivity contribution in [3.63, 3.8) is 0 Å². The van der Waals surface area contributed by atoms with Gasteiger partial charge in [0.05, 0.1) is 10.5 Å². The summed E-state index contributed by atoms with van der Waals surface area (Å²) in [5, 5.41) is 10.8. The summed E-state index contributed by atoms with van der Waals surface area (Å²) in [5.74, 6) is 0.596. The van der Waals surface area contributed by atoms with Crippen molar-refractivity contribution in [1.82, 2.24) is 4.90 Å². The Morgan fingerprint density at radius 3 is 2.61 bits per heavy atom. The number of nitro benzene ring substituents is 1. The van der Waals surface area contributed by atoms with Crippen LogP contribution in [0.15, 0.2) is 23.1 Å². The van der Waals surface area contributed by atoms with Gasteiger partial charge in [-0.2, -0.15) is 0 Å². The van der Waals surface area contributed by atoms with Crippen LogP contribution in [0.2, 0.25) is 0 Å². The lowest BCUT2D eigenvalue weighted by atomic mass is 10.1. The van der Waals surface area contributed by atoms with E-state index in [9.17, 15) is 14.9 Å². The number of carbonyl (C=O) groups excluding carboxylic acids is 1. The van der Waals surface area contributed by atoms with Crippen LogP contribution in [0.1, 0.15) is 17.3 Å². The molecule has 1 aromatic carbocycles. The van der Waals surface area contributed by atoms with E-state index in [0.29, 0.717) is 0 Å². The Labute approximate surface area is 110 Å². The molecule has 1 rings (SSSR count). The van der Waals surface area contributed by atoms with E-state index >= 15 is 0 Å². The molecule has 6 heteroatoms. The molecule has 0 saturated carbocycles. The zero-order chi connectivity index (χ0) is 13.7. The highest BCUT2D eigenvalue weighted by Gasteiger charge is 2.17. The molecule has 0 atom stereocenters. The zero-order valence-electron chi connectivity index (χ0n) is 10.7. The summed E-state index contributed by atoms with van der Waals surface area (Å²) in [6.45, 7) is 2.26. The topological polar surface area (TPSA) is 63.5 Å². The molecule has 0 aliphatic rings. The third-order valence-electron chi connectivity index (χ3n) is 2.35. The Morgan fingerprint density at radius 1 is 1.44 bits per heavy atom. The van der Waals surface area contributed by atoms with E-state index in [1.807, 2.05) is 14.1 Å². The highest BCUT2D eigenvalue weighted by molar-refractivity contribution is 7.99. The lowest BCUT2D eigenvalue weighted by Crippen LogP contribution is -2.14. The van der Waals surface area contributed by atoms with Crippen LogP contribution in [0.3, 0.4) is 0 Å². The van der Waals surface area contributed by atoms with Gasteiger partial charge in [-0.1, -0.05) is 0 Å². The Balaban J connectivity index is 2.87. The Kier molecular flexibility index (Phi) is 5.30. The summed E-state index contributed by atoms with van der Waals surface area (Å²) < 4.78 is 0. The molecule has 18 heavy (non-hydrogen) atoms. The molecule has 0 bridgehead atoms. The molecule has 5 nitrogen and oxygen atoms in total. The second-order valence-electron chi connectivity index (χ2n) is 4.14. The molecule has 0 heterocycles. The van der Waals surface area contributed by atoms with Crippen LogP contribution in [-0.2, 0) is 0 Å². The second kappa shape index (κ2) is 6.51. The van der Waals surface area contributed by atoms with Gasteiger partial charge in [0, 0.05) is 23.3 Å². The summed E-state index contributed by atoms with van der Waals surface area (Å²) in [6.07, 6.45) is 0. The third-order valence-corrected chi connectivity index (χ3v) is 3.33. The number of thioether (sulfide) groups is 1. The van der Waals surface area contributed by atoms with Gasteiger partial charge in [0.2, 0.25) is 0 Å². The number of rotatable bonds is 6. The molecule has 0 fully saturated rings. The van der Waals surface area contributed by atoms with Gasteiger partial charge < -0.3 is 4.90 Å². The minimum atomic E-state index is -0.523. The Hall–Kier alpha value is -1.40. The van der Waals surface area contributed by atoms with Crippen LogP contribution in [0, 0.1) is 10.1 Å². The zero-order valence-corrected chi connectivity index (χ0v) is 11.5. The maximum atomic E-state index is 11.4. The number of ketones is 1. The third kappa shape index (κ3) is 4.12. The largest absolute Gasteiger partial charge is 0.309 e. The maximum Gasteiger partial charge on any atom is 0.280 e. The molecule has 0 aromatic heterocycles. The van der Waals surface area contributed by atoms with Gasteiger partial charge in [-0.15, -0.1) is 11.8 Å². The molecular weight excluding hydrogens is 252 g/mol. The van der Waals surface area contributed by atoms with Crippen molar-refractivity contribution >= 4 is 23.2 Å². The Bertz CT molecular complexity index is 461. The predicted molar refractivity (Wildman–Crippen MR) is 72.4 cm³/mol. The Morgan fingerprint density at radius 2 is 2.11 bits per heavy atom. The SMILES string of the molecule is CC(=O)c1cc(SCCN(C)C)ccc1[N+](=O)[O-]. The fraction of sp³-hybridized carbons (Fsp3) is 0.417. The summed E-state index contributed by atoms with van der Waals surface area (Å²) in [4.78, 5) is 24.6. The quantitative estimate of drug-likeness (QED) is 0.343. The molecule has 0 saturated heterocycles. The van der Waals surface area contributed by atoms with Gasteiger partial charge >= 0.3 is 0 Å². The van der Waals surface area contributed by atoms with Gasteiger partial charge in [-0.05, 0) is 33.2 Å². The van der Waals surface area contributed by atoms with E-state index in [1.54, 1.807) is 23.9 Å². The fourth-order valence-electron chi connectivity index (χ4n) is 1.39. The van der Waals surface area contributed by atoms with Crippen LogP contribution < -0.4 is 0 Å². The molecule has 0 amide bonds. The van der Waals surface area contributed by atoms with Crippen molar-refractivity contribution in [2.24, 2.45) is 0 Å². The van der Waals surface area contributed by atoms with Crippen molar-refractivity contribution in [2.75, 3.05) is 26.4 Å². The van der Waals surface area contributed by atoms with E-state index in [2.05, 4.69) is 4.90 Å². The van der Waals surface area contributed by atoms with Crippen LogP contribution >= 0.6 is 11.8 Å². The summed E-state index contributed by atoms with van der Waals surface area (Å²) in [7, 11) is 3.97. The number of Topliss-reactive ketones (excluding diaryl/α,β-unsaturated/α-hetero) is 1. The molecule has 98 valence electrons. The lowest BCUT2D eigenvalue weighted by Gasteiger charge is -2.09. The van der Waals surface area contributed by atoms with E-state index < -0.39 is 4.92 Å². The highest BCUT2D eigenvalue weighted by Crippen LogP contribution is 2.26. The highest BCUT2D eigenvalue weighted by atomic mass is 32.2. The first kappa shape index (κ1) is 14.7. The molecule has 0 unspecified atom stereocenters. The minimum absolute atomic E-state index is 0.126. The first-order chi connectivity index (χ1) is 8.41. The number of hydrogen-bond donors (Lipinski definition) is 0. The second-order valence-corrected chi connectivity index (χ2v) is 5.31. The lowest BCUT2D eigenvalue weighted by molar-refractivity contribution is -0.385. The van der Waals surface area contributed by atoms with Gasteiger partial charge in [0.15, 0.2) is 5.78 Å². The smallest absolute Gasteiger partial charge is 0.280 e. The van der Waals surface area contributed by atoms with Gasteiger partial charge in [0.25, 0.3) is 5.69 Å². The average Bonchev–Trinajstić information content (AvgIpc) is 2.28. The molecule has 0 spiro atoms. The maximum absolute atomic E-state index is 11.4. The van der Waals surface area contributed by atoms with Crippen molar-refractivity contribution in [2.45, 2.75) is 11.8 Å². The monoisotopic (exact) mass is 268 g/mol. The summed E-state index contributed by atoms with van der Waals surface area (Å²) in [6, 6.07) is 4.68. The van der Waals surface area contributed by atoms with Gasteiger partial charge in [0.1, 0.15) is 0 Å². The van der Waals surface area contributed by atoms with E-state index in [-0.39, 0.29) is 17.0 Å². The van der Waals surface area contributed by atoms with Crippen molar-refractivity contribution in [1.29, 1.82) is 0 Å². The first-order valence-electron chi connectivity index (χ1n) is 5.48. The van der Waals surface area contributed by atoms with Crippen LogP contribution in [0.4, 0.5) is 5.69 Å². The normalized spacial score (nSPS) is 10.7. The fourth-order valence-corrected chi connectivity index (χ4v) is 2.45. The predicted octanol–water partition coefficient (Wildman–Crippen LogP) is 2.45. The molecule has 0 aliphatic heterocycles. The number of carbonyl (C=O) groups is 1. The summed E-state index contributed by atoms with van der Waals surface area (Å²) >= 11 is 1.58. The van der Waals surface area contributed by atoms with Crippen LogP contribution in [0.25, 0.3) is 0 Å². The van der Waals surface area contributed by atoms with Crippen molar-refractivity contribution < 1.29 is 9.72 Å². The molecule has 0 N–H and O–H groups in total. The number of nitro groups is 1. The first-order valence-corrected chi connectivity index (χ1v) is 6.47. The molecule has 1 aromatic rings.